The summed E-state index contributed by atoms with van der Waals surface area (Å²) >= 11 is 0. The molecule has 0 bridgehead atoms. The van der Waals surface area contributed by atoms with Gasteiger partial charge in [0.15, 0.2) is 0 Å². The molecular formula is C13H21N3O4S. The Bertz CT molecular complexity index is 594. The topological polar surface area (TPSA) is 84.7 Å². The molecule has 0 radical (unpaired) electrons. The van der Waals surface area contributed by atoms with Crippen LogP contribution in [0.1, 0.15) is 19.4 Å². The van der Waals surface area contributed by atoms with Gasteiger partial charge in [0.05, 0.1) is 18.8 Å². The van der Waals surface area contributed by atoms with E-state index >= 15 is 0 Å². The molecule has 0 spiro atoms. The first-order valence-corrected chi connectivity index (χ1v) is 8.69. The first kappa shape index (κ1) is 15.0. The van der Waals surface area contributed by atoms with Crippen molar-refractivity contribution < 1.29 is 18.3 Å². The van der Waals surface area contributed by atoms with Gasteiger partial charge in [0.2, 0.25) is 10.0 Å². The summed E-state index contributed by atoms with van der Waals surface area (Å²) in [6.07, 6.45) is 3.85. The summed E-state index contributed by atoms with van der Waals surface area (Å²) < 4.78 is 33.7. The first-order chi connectivity index (χ1) is 10.0. The molecule has 2 fully saturated rings. The molecule has 8 heteroatoms. The third-order valence-corrected chi connectivity index (χ3v) is 6.25. The highest BCUT2D eigenvalue weighted by Gasteiger charge is 2.37. The van der Waals surface area contributed by atoms with Gasteiger partial charge >= 0.3 is 0 Å². The Morgan fingerprint density at radius 2 is 2.29 bits per heavy atom. The number of hydrogen-bond acceptors (Lipinski definition) is 5. The van der Waals surface area contributed by atoms with Crippen molar-refractivity contribution in [3.8, 4) is 0 Å². The average Bonchev–Trinajstić information content (AvgIpc) is 3.18. The molecule has 3 rings (SSSR count). The largest absolute Gasteiger partial charge is 0.396 e. The zero-order chi connectivity index (χ0) is 15.0. The van der Waals surface area contributed by atoms with Crippen molar-refractivity contribution in [1.29, 1.82) is 0 Å². The molecule has 118 valence electrons. The standard InChI is InChI=1S/C13H21N3O4S/c1-10-5-15(6-11(10)8-17)21(18,19)13-4-14-16(7-13)12-2-3-20-9-12/h4,7,10-12,17H,2-3,5-6,8-9H2,1H3/t10-,11+,12?/m1/s1. The van der Waals surface area contributed by atoms with Gasteiger partial charge in [-0.2, -0.15) is 9.40 Å². The Hall–Kier alpha value is -0.960. The van der Waals surface area contributed by atoms with Crippen LogP contribution in [0.2, 0.25) is 0 Å². The van der Waals surface area contributed by atoms with E-state index in [0.717, 1.165) is 6.42 Å². The molecule has 3 heterocycles. The fourth-order valence-electron chi connectivity index (χ4n) is 2.95. The summed E-state index contributed by atoms with van der Waals surface area (Å²) in [5.41, 5.74) is 0. The molecule has 0 aliphatic carbocycles. The van der Waals surface area contributed by atoms with Crippen molar-refractivity contribution in [3.63, 3.8) is 0 Å². The van der Waals surface area contributed by atoms with E-state index in [1.807, 2.05) is 6.92 Å². The third-order valence-electron chi connectivity index (χ3n) is 4.46. The summed E-state index contributed by atoms with van der Waals surface area (Å²) in [5, 5.41) is 13.5. The van der Waals surface area contributed by atoms with Gasteiger partial charge in [0.25, 0.3) is 0 Å². The lowest BCUT2D eigenvalue weighted by Gasteiger charge is -2.14. The fraction of sp³-hybridized carbons (Fsp3) is 0.769. The number of aliphatic hydroxyl groups excluding tert-OH is 1. The molecule has 0 saturated carbocycles. The Kier molecular flexibility index (Phi) is 4.04. The van der Waals surface area contributed by atoms with Crippen LogP contribution in [-0.4, -0.2) is 60.5 Å². The highest BCUT2D eigenvalue weighted by molar-refractivity contribution is 7.89. The third kappa shape index (κ3) is 2.73. The van der Waals surface area contributed by atoms with Crippen LogP contribution < -0.4 is 0 Å². The van der Waals surface area contributed by atoms with E-state index in [9.17, 15) is 13.5 Å². The van der Waals surface area contributed by atoms with E-state index in [0.29, 0.717) is 26.3 Å². The molecule has 2 saturated heterocycles. The van der Waals surface area contributed by atoms with Crippen molar-refractivity contribution >= 4 is 10.0 Å². The van der Waals surface area contributed by atoms with Gasteiger partial charge in [0.1, 0.15) is 4.90 Å². The molecule has 21 heavy (non-hydrogen) atoms. The maximum Gasteiger partial charge on any atom is 0.246 e. The highest BCUT2D eigenvalue weighted by atomic mass is 32.2. The predicted octanol–water partition coefficient (Wildman–Crippen LogP) is 0.0934. The number of aromatic nitrogens is 2. The minimum Gasteiger partial charge on any atom is -0.396 e. The van der Waals surface area contributed by atoms with Gasteiger partial charge in [-0.05, 0) is 18.3 Å². The molecule has 1 unspecified atom stereocenters. The van der Waals surface area contributed by atoms with E-state index in [2.05, 4.69) is 5.10 Å². The van der Waals surface area contributed by atoms with Crippen LogP contribution in [0.15, 0.2) is 17.3 Å². The lowest BCUT2D eigenvalue weighted by molar-refractivity contribution is 0.184. The molecule has 1 aromatic heterocycles. The van der Waals surface area contributed by atoms with Crippen molar-refractivity contribution in [2.24, 2.45) is 11.8 Å². The first-order valence-electron chi connectivity index (χ1n) is 7.25. The van der Waals surface area contributed by atoms with Gasteiger partial charge in [-0.3, -0.25) is 4.68 Å². The maximum atomic E-state index is 12.6. The van der Waals surface area contributed by atoms with E-state index in [-0.39, 0.29) is 29.4 Å². The molecule has 1 aromatic rings. The van der Waals surface area contributed by atoms with Crippen LogP contribution >= 0.6 is 0 Å². The summed E-state index contributed by atoms with van der Waals surface area (Å²) in [4.78, 5) is 0.222. The minimum atomic E-state index is -3.53. The van der Waals surface area contributed by atoms with Gasteiger partial charge in [-0.15, -0.1) is 0 Å². The summed E-state index contributed by atoms with van der Waals surface area (Å²) in [6.45, 7) is 4.08. The van der Waals surface area contributed by atoms with Gasteiger partial charge < -0.3 is 9.84 Å². The smallest absolute Gasteiger partial charge is 0.246 e. The molecule has 0 aromatic carbocycles. The zero-order valence-electron chi connectivity index (χ0n) is 12.1. The van der Waals surface area contributed by atoms with E-state index in [4.69, 9.17) is 4.74 Å². The Morgan fingerprint density at radius 1 is 1.48 bits per heavy atom. The van der Waals surface area contributed by atoms with Crippen LogP contribution in [0.25, 0.3) is 0 Å². The number of ether oxygens (including phenoxy) is 1. The molecule has 2 aliphatic heterocycles. The second kappa shape index (κ2) is 5.68. The number of sulfonamides is 1. The van der Waals surface area contributed by atoms with Crippen molar-refractivity contribution in [1.82, 2.24) is 14.1 Å². The van der Waals surface area contributed by atoms with Gasteiger partial charge in [0, 0.05) is 32.5 Å². The second-order valence-electron chi connectivity index (χ2n) is 5.92. The molecule has 2 aliphatic rings. The predicted molar refractivity (Wildman–Crippen MR) is 75.2 cm³/mol. The highest BCUT2D eigenvalue weighted by Crippen LogP contribution is 2.28. The quantitative estimate of drug-likeness (QED) is 0.851. The van der Waals surface area contributed by atoms with Crippen LogP contribution in [0.5, 0.6) is 0 Å². The van der Waals surface area contributed by atoms with Gasteiger partial charge in [-0.1, -0.05) is 6.92 Å². The van der Waals surface area contributed by atoms with Crippen LogP contribution in [0, 0.1) is 11.8 Å². The monoisotopic (exact) mass is 315 g/mol. The Morgan fingerprint density at radius 3 is 2.90 bits per heavy atom. The second-order valence-corrected chi connectivity index (χ2v) is 7.85. The fourth-order valence-corrected chi connectivity index (χ4v) is 4.49. The van der Waals surface area contributed by atoms with Crippen LogP contribution in [0.4, 0.5) is 0 Å². The Balaban J connectivity index is 1.79. The molecule has 0 amide bonds. The van der Waals surface area contributed by atoms with Crippen molar-refractivity contribution in [2.75, 3.05) is 32.9 Å². The average molecular weight is 315 g/mol. The van der Waals surface area contributed by atoms with Gasteiger partial charge in [-0.25, -0.2) is 8.42 Å². The number of aliphatic hydroxyl groups is 1. The molecule has 1 N–H and O–H groups in total. The number of nitrogens with zero attached hydrogens (tertiary/aromatic N) is 3. The summed E-state index contributed by atoms with van der Waals surface area (Å²) in [7, 11) is -3.53. The summed E-state index contributed by atoms with van der Waals surface area (Å²) in [6, 6.07) is 0.122. The van der Waals surface area contributed by atoms with E-state index in [1.165, 1.54) is 10.5 Å². The number of hydrogen-bond donors (Lipinski definition) is 1. The number of rotatable bonds is 4. The SMILES string of the molecule is C[C@@H]1CN(S(=O)(=O)c2cnn(C3CCOC3)c2)C[C@H]1CO. The van der Waals surface area contributed by atoms with E-state index in [1.54, 1.807) is 10.9 Å². The maximum absolute atomic E-state index is 12.6. The van der Waals surface area contributed by atoms with E-state index < -0.39 is 10.0 Å². The zero-order valence-corrected chi connectivity index (χ0v) is 12.9. The summed E-state index contributed by atoms with van der Waals surface area (Å²) in [5.74, 6) is 0.182. The van der Waals surface area contributed by atoms with Crippen LogP contribution in [0.3, 0.4) is 0 Å². The normalized spacial score (nSPS) is 31.0. The Labute approximate surface area is 124 Å². The van der Waals surface area contributed by atoms with Crippen molar-refractivity contribution in [2.45, 2.75) is 24.3 Å². The lowest BCUT2D eigenvalue weighted by Crippen LogP contribution is -2.29. The molecule has 3 atom stereocenters. The minimum absolute atomic E-state index is 0.0121. The van der Waals surface area contributed by atoms with Crippen molar-refractivity contribution in [3.05, 3.63) is 12.4 Å². The molecular weight excluding hydrogens is 294 g/mol. The lowest BCUT2D eigenvalue weighted by atomic mass is 10.00. The molecule has 7 nitrogen and oxygen atoms in total. The van der Waals surface area contributed by atoms with Crippen LogP contribution in [-0.2, 0) is 14.8 Å².